The van der Waals surface area contributed by atoms with Gasteiger partial charge < -0.3 is 15.1 Å². The molecule has 2 aromatic heterocycles. The number of hydrogen-bond acceptors (Lipinski definition) is 4. The predicted molar refractivity (Wildman–Crippen MR) is 51.5 cm³/mol. The molecule has 0 aliphatic carbocycles. The van der Waals surface area contributed by atoms with Crippen molar-refractivity contribution in [2.75, 3.05) is 5.73 Å². The fraction of sp³-hybridized carbons (Fsp3) is 0. The molecule has 4 nitrogen and oxygen atoms in total. The maximum atomic E-state index is 5.34. The second kappa shape index (κ2) is 3.02. The Morgan fingerprint density at radius 2 is 2.31 bits per heavy atom. The molecule has 0 radical (unpaired) electrons. The third-order valence-corrected chi connectivity index (χ3v) is 1.86. The number of oxazole rings is 1. The van der Waals surface area contributed by atoms with E-state index in [1.807, 2.05) is 6.07 Å². The van der Waals surface area contributed by atoms with Gasteiger partial charge in [0.25, 0.3) is 6.01 Å². The predicted octanol–water partition coefficient (Wildman–Crippen LogP) is 1.98. The van der Waals surface area contributed by atoms with Crippen LogP contribution in [0.2, 0.25) is 0 Å². The number of aromatic amines is 1. The first-order valence-electron chi connectivity index (χ1n) is 3.66. The van der Waals surface area contributed by atoms with Gasteiger partial charge in [-0.3, -0.25) is 0 Å². The number of nitrogens with two attached hydrogens (primary N) is 1. The maximum Gasteiger partial charge on any atom is 0.292 e. The van der Waals surface area contributed by atoms with Gasteiger partial charge >= 0.3 is 0 Å². The lowest BCUT2D eigenvalue weighted by Gasteiger charge is -1.92. The molecule has 0 amide bonds. The van der Waals surface area contributed by atoms with Crippen molar-refractivity contribution in [2.24, 2.45) is 0 Å². The lowest BCUT2D eigenvalue weighted by Crippen LogP contribution is -1.84. The molecule has 2 rings (SSSR count). The molecule has 0 atom stereocenters. The van der Waals surface area contributed by atoms with Crippen molar-refractivity contribution < 1.29 is 4.42 Å². The molecule has 66 valence electrons. The molecule has 0 saturated carbocycles. The topological polar surface area (TPSA) is 67.8 Å². The summed E-state index contributed by atoms with van der Waals surface area (Å²) in [7, 11) is 0. The first-order chi connectivity index (χ1) is 6.25. The molecular formula is C8H7N3OS. The summed E-state index contributed by atoms with van der Waals surface area (Å²) in [6.07, 6.45) is 3.27. The van der Waals surface area contributed by atoms with E-state index in [0.717, 1.165) is 5.56 Å². The number of pyridine rings is 1. The zero-order valence-corrected chi connectivity index (χ0v) is 7.47. The van der Waals surface area contributed by atoms with Crippen LogP contribution < -0.4 is 5.73 Å². The molecule has 0 saturated heterocycles. The van der Waals surface area contributed by atoms with Crippen LogP contribution in [0.1, 0.15) is 0 Å². The normalized spacial score (nSPS) is 10.2. The number of rotatable bonds is 1. The summed E-state index contributed by atoms with van der Waals surface area (Å²) in [5.41, 5.74) is 6.93. The van der Waals surface area contributed by atoms with Gasteiger partial charge in [0.05, 0.1) is 0 Å². The first-order valence-corrected chi connectivity index (χ1v) is 4.06. The highest BCUT2D eigenvalue weighted by molar-refractivity contribution is 7.71. The summed E-state index contributed by atoms with van der Waals surface area (Å²) >= 11 is 4.90. The maximum absolute atomic E-state index is 5.34. The first kappa shape index (κ1) is 8.00. The Hall–Kier alpha value is -1.62. The molecule has 0 unspecified atom stereocenters. The van der Waals surface area contributed by atoms with Crippen molar-refractivity contribution in [2.45, 2.75) is 0 Å². The van der Waals surface area contributed by atoms with Crippen molar-refractivity contribution >= 4 is 18.2 Å². The van der Waals surface area contributed by atoms with Crippen molar-refractivity contribution in [3.63, 3.8) is 0 Å². The number of nitrogens with one attached hydrogen (secondary N) is 1. The molecule has 0 fully saturated rings. The zero-order valence-electron chi connectivity index (χ0n) is 6.65. The molecule has 2 heterocycles. The van der Waals surface area contributed by atoms with Crippen LogP contribution in [0.4, 0.5) is 6.01 Å². The van der Waals surface area contributed by atoms with Crippen LogP contribution in [0.25, 0.3) is 11.3 Å². The van der Waals surface area contributed by atoms with E-state index in [9.17, 15) is 0 Å². The van der Waals surface area contributed by atoms with Crippen LogP contribution in [0.5, 0.6) is 0 Å². The molecule has 0 aliphatic heterocycles. The third-order valence-electron chi connectivity index (χ3n) is 1.60. The number of hydrogen-bond donors (Lipinski definition) is 2. The Kier molecular flexibility index (Phi) is 1.86. The highest BCUT2D eigenvalue weighted by atomic mass is 32.1. The number of nitrogen functional groups attached to an aromatic ring is 1. The van der Waals surface area contributed by atoms with Crippen molar-refractivity contribution in [3.05, 3.63) is 29.2 Å². The Bertz CT molecular complexity index is 454. The highest BCUT2D eigenvalue weighted by Crippen LogP contribution is 2.17. The molecular weight excluding hydrogens is 186 g/mol. The fourth-order valence-electron chi connectivity index (χ4n) is 0.990. The summed E-state index contributed by atoms with van der Waals surface area (Å²) in [4.78, 5) is 6.87. The molecule has 0 bridgehead atoms. The van der Waals surface area contributed by atoms with Gasteiger partial charge in [-0.15, -0.1) is 0 Å². The second-order valence-electron chi connectivity index (χ2n) is 2.51. The van der Waals surface area contributed by atoms with Crippen LogP contribution in [-0.2, 0) is 0 Å². The number of H-pyrrole nitrogens is 1. The van der Waals surface area contributed by atoms with Crippen molar-refractivity contribution in [1.82, 2.24) is 9.97 Å². The van der Waals surface area contributed by atoms with Gasteiger partial charge in [-0.05, 0) is 12.1 Å². The van der Waals surface area contributed by atoms with Crippen LogP contribution in [0, 0.1) is 4.64 Å². The standard InChI is InChI=1S/C8H7N3OS/c9-8-11-6(4-12-8)5-1-2-7(13)10-3-5/h1-4H,(H2,9,11)(H,10,13). The van der Waals surface area contributed by atoms with Crippen LogP contribution in [0.3, 0.4) is 0 Å². The minimum absolute atomic E-state index is 0.164. The van der Waals surface area contributed by atoms with Gasteiger partial charge in [0.15, 0.2) is 0 Å². The van der Waals surface area contributed by atoms with Gasteiger partial charge in [-0.2, -0.15) is 4.98 Å². The number of nitrogens with zero attached hydrogens (tertiary/aromatic N) is 1. The van der Waals surface area contributed by atoms with Gasteiger partial charge in [0, 0.05) is 11.8 Å². The van der Waals surface area contributed by atoms with Crippen LogP contribution >= 0.6 is 12.2 Å². The molecule has 13 heavy (non-hydrogen) atoms. The zero-order chi connectivity index (χ0) is 9.26. The van der Waals surface area contributed by atoms with E-state index in [0.29, 0.717) is 10.3 Å². The largest absolute Gasteiger partial charge is 0.432 e. The fourth-order valence-corrected chi connectivity index (χ4v) is 1.12. The molecule has 0 aliphatic rings. The Morgan fingerprint density at radius 1 is 1.46 bits per heavy atom. The van der Waals surface area contributed by atoms with Gasteiger partial charge in [0.1, 0.15) is 16.6 Å². The molecule has 2 aromatic rings. The van der Waals surface area contributed by atoms with Gasteiger partial charge in [0.2, 0.25) is 0 Å². The second-order valence-corrected chi connectivity index (χ2v) is 2.95. The Labute approximate surface area is 79.4 Å². The summed E-state index contributed by atoms with van der Waals surface area (Å²) in [6.45, 7) is 0. The smallest absolute Gasteiger partial charge is 0.292 e. The van der Waals surface area contributed by atoms with E-state index in [1.165, 1.54) is 6.26 Å². The lowest BCUT2D eigenvalue weighted by molar-refractivity contribution is 0.581. The summed E-state index contributed by atoms with van der Waals surface area (Å²) < 4.78 is 5.56. The quantitative estimate of drug-likeness (QED) is 0.679. The SMILES string of the molecule is Nc1nc(-c2ccc(=S)[nH]c2)co1. The molecule has 3 N–H and O–H groups in total. The van der Waals surface area contributed by atoms with E-state index < -0.39 is 0 Å². The number of anilines is 1. The highest BCUT2D eigenvalue weighted by Gasteiger charge is 2.01. The van der Waals surface area contributed by atoms with Gasteiger partial charge in [-0.1, -0.05) is 12.2 Å². The average molecular weight is 193 g/mol. The lowest BCUT2D eigenvalue weighted by atomic mass is 10.2. The van der Waals surface area contributed by atoms with E-state index >= 15 is 0 Å². The molecule has 0 aromatic carbocycles. The minimum Gasteiger partial charge on any atom is -0.432 e. The Balaban J connectivity index is 2.47. The Morgan fingerprint density at radius 3 is 2.85 bits per heavy atom. The van der Waals surface area contributed by atoms with Crippen LogP contribution in [0.15, 0.2) is 29.0 Å². The summed E-state index contributed by atoms with van der Waals surface area (Å²) in [5.74, 6) is 0. The monoisotopic (exact) mass is 193 g/mol. The van der Waals surface area contributed by atoms with Crippen molar-refractivity contribution in [3.8, 4) is 11.3 Å². The minimum atomic E-state index is 0.164. The number of aromatic nitrogens is 2. The van der Waals surface area contributed by atoms with E-state index in [-0.39, 0.29) is 6.01 Å². The van der Waals surface area contributed by atoms with Gasteiger partial charge in [-0.25, -0.2) is 0 Å². The van der Waals surface area contributed by atoms with E-state index in [4.69, 9.17) is 22.4 Å². The van der Waals surface area contributed by atoms with E-state index in [2.05, 4.69) is 9.97 Å². The van der Waals surface area contributed by atoms with Crippen molar-refractivity contribution in [1.29, 1.82) is 0 Å². The van der Waals surface area contributed by atoms with Crippen LogP contribution in [-0.4, -0.2) is 9.97 Å². The summed E-state index contributed by atoms with van der Waals surface area (Å²) in [5, 5.41) is 0. The average Bonchev–Trinajstić information content (AvgIpc) is 2.53. The third kappa shape index (κ3) is 1.59. The van der Waals surface area contributed by atoms with E-state index in [1.54, 1.807) is 12.3 Å². The molecule has 0 spiro atoms. The molecule has 5 heteroatoms. The summed E-state index contributed by atoms with van der Waals surface area (Å²) in [6, 6.07) is 3.81.